The van der Waals surface area contributed by atoms with Crippen molar-refractivity contribution in [3.63, 3.8) is 0 Å². The fourth-order valence-corrected chi connectivity index (χ4v) is 4.16. The van der Waals surface area contributed by atoms with Gasteiger partial charge in [-0.1, -0.05) is 67.3 Å². The summed E-state index contributed by atoms with van der Waals surface area (Å²) < 4.78 is 0.762. The van der Waals surface area contributed by atoms with Crippen molar-refractivity contribution in [3.05, 3.63) is 59.7 Å². The molecule has 1 aromatic heterocycles. The van der Waals surface area contributed by atoms with Gasteiger partial charge in [0.25, 0.3) is 0 Å². The van der Waals surface area contributed by atoms with Crippen LogP contribution in [0.4, 0.5) is 16.5 Å². The zero-order valence-electron chi connectivity index (χ0n) is 15.5. The number of nitrogens with one attached hydrogen (secondary N) is 2. The first-order chi connectivity index (χ1) is 13.0. The summed E-state index contributed by atoms with van der Waals surface area (Å²) in [4.78, 5) is 12.3. The number of benzene rings is 2. The first kappa shape index (κ1) is 19.4. The number of carbonyl (C=O) groups excluding carboxylic acids is 1. The van der Waals surface area contributed by atoms with Gasteiger partial charge in [-0.3, -0.25) is 4.79 Å². The Balaban J connectivity index is 1.55. The average molecular weight is 399 g/mol. The van der Waals surface area contributed by atoms with Crippen molar-refractivity contribution >= 4 is 45.5 Å². The van der Waals surface area contributed by atoms with Gasteiger partial charge in [0.2, 0.25) is 11.0 Å². The zero-order valence-corrected chi connectivity index (χ0v) is 17.2. The summed E-state index contributed by atoms with van der Waals surface area (Å²) in [5.41, 5.74) is 4.16. The van der Waals surface area contributed by atoms with Crippen LogP contribution in [-0.2, 0) is 4.79 Å². The minimum atomic E-state index is -0.0449. The van der Waals surface area contributed by atoms with E-state index in [4.69, 9.17) is 0 Å². The summed E-state index contributed by atoms with van der Waals surface area (Å²) >= 11 is 2.83. The lowest BCUT2D eigenvalue weighted by atomic mass is 10.0. The number of carbonyl (C=O) groups is 1. The maximum Gasteiger partial charge on any atom is 0.234 e. The van der Waals surface area contributed by atoms with E-state index in [2.05, 4.69) is 34.7 Å². The highest BCUT2D eigenvalue weighted by molar-refractivity contribution is 8.01. The summed E-state index contributed by atoms with van der Waals surface area (Å²) in [6.07, 6.45) is 0. The van der Waals surface area contributed by atoms with Gasteiger partial charge in [-0.25, -0.2) is 0 Å². The number of hydrogen-bond donors (Lipinski definition) is 2. The number of para-hydroxylation sites is 1. The number of rotatable bonds is 7. The van der Waals surface area contributed by atoms with Crippen molar-refractivity contribution in [2.24, 2.45) is 0 Å². The smallest absolute Gasteiger partial charge is 0.234 e. The van der Waals surface area contributed by atoms with Crippen molar-refractivity contribution < 1.29 is 4.79 Å². The van der Waals surface area contributed by atoms with E-state index < -0.39 is 0 Å². The summed E-state index contributed by atoms with van der Waals surface area (Å²) in [5, 5.41) is 15.2. The second-order valence-corrected chi connectivity index (χ2v) is 8.65. The molecule has 0 aliphatic rings. The Hall–Kier alpha value is -2.38. The van der Waals surface area contributed by atoms with Crippen LogP contribution in [-0.4, -0.2) is 21.9 Å². The molecule has 0 radical (unpaired) electrons. The van der Waals surface area contributed by atoms with E-state index in [1.165, 1.54) is 28.7 Å². The quantitative estimate of drug-likeness (QED) is 0.518. The lowest BCUT2D eigenvalue weighted by molar-refractivity contribution is -0.113. The number of anilines is 3. The van der Waals surface area contributed by atoms with Crippen LogP contribution in [0.25, 0.3) is 0 Å². The van der Waals surface area contributed by atoms with Gasteiger partial charge in [-0.05, 0) is 42.2 Å². The number of thioether (sulfide) groups is 1. The van der Waals surface area contributed by atoms with Gasteiger partial charge in [-0.15, -0.1) is 10.2 Å². The molecule has 2 N–H and O–H groups in total. The lowest BCUT2D eigenvalue weighted by Crippen LogP contribution is -2.15. The van der Waals surface area contributed by atoms with Crippen LogP contribution < -0.4 is 10.6 Å². The molecule has 3 aromatic rings. The van der Waals surface area contributed by atoms with Crippen LogP contribution in [0.15, 0.2) is 52.9 Å². The zero-order chi connectivity index (χ0) is 19.2. The second-order valence-electron chi connectivity index (χ2n) is 6.45. The fraction of sp³-hybridized carbons (Fsp3) is 0.250. The monoisotopic (exact) mass is 398 g/mol. The van der Waals surface area contributed by atoms with E-state index in [1.807, 2.05) is 55.5 Å². The molecule has 140 valence electrons. The number of amides is 1. The van der Waals surface area contributed by atoms with Crippen molar-refractivity contribution in [1.82, 2.24) is 10.2 Å². The van der Waals surface area contributed by atoms with Crippen molar-refractivity contribution in [2.45, 2.75) is 31.0 Å². The van der Waals surface area contributed by atoms with Gasteiger partial charge in [0.05, 0.1) is 5.75 Å². The van der Waals surface area contributed by atoms with Crippen LogP contribution >= 0.6 is 23.1 Å². The van der Waals surface area contributed by atoms with Crippen molar-refractivity contribution in [1.29, 1.82) is 0 Å². The molecule has 3 rings (SSSR count). The number of aryl methyl sites for hydroxylation is 1. The highest BCUT2D eigenvalue weighted by atomic mass is 32.2. The van der Waals surface area contributed by atoms with Gasteiger partial charge in [-0.2, -0.15) is 0 Å². The minimum Gasteiger partial charge on any atom is -0.330 e. The first-order valence-electron chi connectivity index (χ1n) is 8.70. The van der Waals surface area contributed by atoms with Crippen LogP contribution in [0.2, 0.25) is 0 Å². The number of hydrogen-bond acceptors (Lipinski definition) is 6. The van der Waals surface area contributed by atoms with Crippen molar-refractivity contribution in [3.8, 4) is 0 Å². The molecule has 0 spiro atoms. The fourth-order valence-electron chi connectivity index (χ4n) is 2.59. The third-order valence-electron chi connectivity index (χ3n) is 3.86. The molecule has 0 bridgehead atoms. The van der Waals surface area contributed by atoms with Gasteiger partial charge in [0, 0.05) is 11.4 Å². The van der Waals surface area contributed by atoms with Crippen LogP contribution in [0.1, 0.15) is 30.9 Å². The van der Waals surface area contributed by atoms with Crippen LogP contribution in [0.3, 0.4) is 0 Å². The number of aromatic nitrogens is 2. The molecule has 0 unspecified atom stereocenters. The van der Waals surface area contributed by atoms with E-state index >= 15 is 0 Å². The van der Waals surface area contributed by atoms with Gasteiger partial charge < -0.3 is 10.6 Å². The molecule has 0 aliphatic heterocycles. The molecule has 5 nitrogen and oxygen atoms in total. The highest BCUT2D eigenvalue weighted by Gasteiger charge is 2.11. The Morgan fingerprint density at radius 1 is 1.15 bits per heavy atom. The maximum absolute atomic E-state index is 12.3. The predicted molar refractivity (Wildman–Crippen MR) is 114 cm³/mol. The predicted octanol–water partition coefficient (Wildman–Crippen LogP) is 5.44. The molecule has 1 heterocycles. The van der Waals surface area contributed by atoms with Crippen LogP contribution in [0, 0.1) is 6.92 Å². The molecule has 0 saturated carbocycles. The molecule has 0 atom stereocenters. The third-order valence-corrected chi connectivity index (χ3v) is 5.83. The summed E-state index contributed by atoms with van der Waals surface area (Å²) in [5.74, 6) is 0.606. The normalized spacial score (nSPS) is 10.8. The molecule has 0 saturated heterocycles. The van der Waals surface area contributed by atoms with Crippen LogP contribution in [0.5, 0.6) is 0 Å². The Morgan fingerprint density at radius 2 is 1.96 bits per heavy atom. The second kappa shape index (κ2) is 9.01. The standard InChI is InChI=1S/C20H22N4OS2/c1-13(2)16-9-4-5-10-17(16)22-18(25)12-26-20-24-23-19(27-20)21-15-8-6-7-14(3)11-15/h4-11,13H,12H2,1-3H3,(H,21,23)(H,22,25). The molecular formula is C20H22N4OS2. The van der Waals surface area contributed by atoms with Gasteiger partial charge in [0.15, 0.2) is 4.34 Å². The Labute approximate surface area is 167 Å². The van der Waals surface area contributed by atoms with E-state index in [9.17, 15) is 4.79 Å². The maximum atomic E-state index is 12.3. The largest absolute Gasteiger partial charge is 0.330 e. The SMILES string of the molecule is Cc1cccc(Nc2nnc(SCC(=O)Nc3ccccc3C(C)C)s2)c1. The average Bonchev–Trinajstić information content (AvgIpc) is 3.08. The Morgan fingerprint density at radius 3 is 2.74 bits per heavy atom. The Bertz CT molecular complexity index is 924. The van der Waals surface area contributed by atoms with Gasteiger partial charge in [0.1, 0.15) is 0 Å². The summed E-state index contributed by atoms with van der Waals surface area (Å²) in [6.45, 7) is 6.27. The molecule has 0 fully saturated rings. The number of nitrogens with zero attached hydrogens (tertiary/aromatic N) is 2. The van der Waals surface area contributed by atoms with E-state index in [0.29, 0.717) is 16.8 Å². The topological polar surface area (TPSA) is 66.9 Å². The first-order valence-corrected chi connectivity index (χ1v) is 10.5. The third kappa shape index (κ3) is 5.55. The minimum absolute atomic E-state index is 0.0449. The molecule has 27 heavy (non-hydrogen) atoms. The molecule has 2 aromatic carbocycles. The van der Waals surface area contributed by atoms with Gasteiger partial charge >= 0.3 is 0 Å². The van der Waals surface area contributed by atoms with E-state index in [0.717, 1.165) is 21.3 Å². The molecular weight excluding hydrogens is 376 g/mol. The van der Waals surface area contributed by atoms with Crippen molar-refractivity contribution in [2.75, 3.05) is 16.4 Å². The highest BCUT2D eigenvalue weighted by Crippen LogP contribution is 2.28. The van der Waals surface area contributed by atoms with E-state index in [-0.39, 0.29) is 5.91 Å². The molecule has 0 aliphatic carbocycles. The summed E-state index contributed by atoms with van der Waals surface area (Å²) in [6, 6.07) is 16.0. The summed E-state index contributed by atoms with van der Waals surface area (Å²) in [7, 11) is 0. The molecule has 1 amide bonds. The van der Waals surface area contributed by atoms with E-state index in [1.54, 1.807) is 0 Å². The molecule has 7 heteroatoms. The lowest BCUT2D eigenvalue weighted by Gasteiger charge is -2.13. The Kier molecular flexibility index (Phi) is 6.47.